The first kappa shape index (κ1) is 20.2. The van der Waals surface area contributed by atoms with Crippen LogP contribution < -0.4 is 10.2 Å². The van der Waals surface area contributed by atoms with E-state index in [1.807, 2.05) is 0 Å². The molecule has 2 amide bonds. The van der Waals surface area contributed by atoms with Gasteiger partial charge in [-0.3, -0.25) is 15.0 Å². The van der Waals surface area contributed by atoms with E-state index in [1.54, 1.807) is 42.5 Å². The SMILES string of the molecule is O=C(O)Nc1nc2ccc(C3(O)c4ccccc4C(=O)N3c3ccc(F)c(Br)c3)cc2[nH]1. The van der Waals surface area contributed by atoms with Gasteiger partial charge in [-0.2, -0.15) is 0 Å². The number of hydrogen-bond acceptors (Lipinski definition) is 4. The van der Waals surface area contributed by atoms with E-state index in [-0.39, 0.29) is 10.4 Å². The number of carboxylic acid groups (broad SMARTS) is 1. The minimum Gasteiger partial charge on any atom is -0.465 e. The van der Waals surface area contributed by atoms with Crippen molar-refractivity contribution < 1.29 is 24.2 Å². The molecule has 32 heavy (non-hydrogen) atoms. The number of amides is 2. The molecule has 0 fully saturated rings. The summed E-state index contributed by atoms with van der Waals surface area (Å²) in [5.41, 5.74) is 0.340. The molecule has 160 valence electrons. The van der Waals surface area contributed by atoms with Gasteiger partial charge in [0.15, 0.2) is 5.72 Å². The van der Waals surface area contributed by atoms with Crippen LogP contribution in [0.1, 0.15) is 21.5 Å². The second-order valence-electron chi connectivity index (χ2n) is 7.20. The topological polar surface area (TPSA) is 119 Å². The van der Waals surface area contributed by atoms with E-state index in [2.05, 4.69) is 31.2 Å². The van der Waals surface area contributed by atoms with Crippen LogP contribution in [0.2, 0.25) is 0 Å². The Morgan fingerprint density at radius 2 is 1.94 bits per heavy atom. The number of H-pyrrole nitrogens is 1. The number of nitrogens with zero attached hydrogens (tertiary/aromatic N) is 2. The van der Waals surface area contributed by atoms with Crippen molar-refractivity contribution in [3.05, 3.63) is 87.6 Å². The van der Waals surface area contributed by atoms with Crippen molar-refractivity contribution in [3.63, 3.8) is 0 Å². The van der Waals surface area contributed by atoms with Crippen LogP contribution in [0, 0.1) is 5.82 Å². The van der Waals surface area contributed by atoms with E-state index >= 15 is 0 Å². The van der Waals surface area contributed by atoms with Crippen molar-refractivity contribution in [2.75, 3.05) is 10.2 Å². The Labute approximate surface area is 188 Å². The number of nitrogens with one attached hydrogen (secondary N) is 2. The molecule has 0 aliphatic carbocycles. The zero-order valence-electron chi connectivity index (χ0n) is 16.1. The van der Waals surface area contributed by atoms with Crippen LogP contribution in [0.5, 0.6) is 0 Å². The molecular weight excluding hydrogens is 483 g/mol. The van der Waals surface area contributed by atoms with Crippen LogP contribution >= 0.6 is 15.9 Å². The predicted molar refractivity (Wildman–Crippen MR) is 118 cm³/mol. The fourth-order valence-corrected chi connectivity index (χ4v) is 4.33. The summed E-state index contributed by atoms with van der Waals surface area (Å²) in [7, 11) is 0. The summed E-state index contributed by atoms with van der Waals surface area (Å²) in [6, 6.07) is 15.5. The Morgan fingerprint density at radius 1 is 1.16 bits per heavy atom. The third-order valence-electron chi connectivity index (χ3n) is 5.33. The lowest BCUT2D eigenvalue weighted by atomic mass is 9.93. The maximum atomic E-state index is 13.9. The summed E-state index contributed by atoms with van der Waals surface area (Å²) in [6.07, 6.45) is -1.27. The molecule has 8 nitrogen and oxygen atoms in total. The molecule has 0 radical (unpaired) electrons. The summed E-state index contributed by atoms with van der Waals surface area (Å²) < 4.78 is 14.0. The molecular formula is C22H14BrFN4O4. The Hall–Kier alpha value is -3.76. The van der Waals surface area contributed by atoms with Gasteiger partial charge in [-0.05, 0) is 52.3 Å². The van der Waals surface area contributed by atoms with Crippen LogP contribution in [0.15, 0.2) is 65.1 Å². The van der Waals surface area contributed by atoms with Crippen LogP contribution in [0.4, 0.5) is 20.8 Å². The van der Waals surface area contributed by atoms with Gasteiger partial charge < -0.3 is 15.2 Å². The summed E-state index contributed by atoms with van der Waals surface area (Å²) in [5.74, 6) is -0.919. The molecule has 4 N–H and O–H groups in total. The lowest BCUT2D eigenvalue weighted by molar-refractivity contribution is 0.0704. The Balaban J connectivity index is 1.71. The number of fused-ring (bicyclic) bond motifs is 2. The van der Waals surface area contributed by atoms with Crippen molar-refractivity contribution in [2.45, 2.75) is 5.72 Å². The number of imidazole rings is 1. The van der Waals surface area contributed by atoms with E-state index in [0.29, 0.717) is 33.4 Å². The van der Waals surface area contributed by atoms with Gasteiger partial charge >= 0.3 is 6.09 Å². The molecule has 0 saturated carbocycles. The molecule has 1 atom stereocenters. The lowest BCUT2D eigenvalue weighted by Crippen LogP contribution is -2.45. The Kier molecular flexibility index (Phi) is 4.50. The average molecular weight is 497 g/mol. The number of halogens is 2. The van der Waals surface area contributed by atoms with Gasteiger partial charge in [-0.15, -0.1) is 0 Å². The van der Waals surface area contributed by atoms with Crippen molar-refractivity contribution in [2.24, 2.45) is 0 Å². The lowest BCUT2D eigenvalue weighted by Gasteiger charge is -2.35. The van der Waals surface area contributed by atoms with E-state index in [0.717, 1.165) is 0 Å². The van der Waals surface area contributed by atoms with Gasteiger partial charge in [0.05, 0.1) is 15.5 Å². The second-order valence-corrected chi connectivity index (χ2v) is 8.06. The Morgan fingerprint density at radius 3 is 2.69 bits per heavy atom. The fraction of sp³-hybridized carbons (Fsp3) is 0.0455. The third kappa shape index (κ3) is 2.95. The maximum Gasteiger partial charge on any atom is 0.411 e. The van der Waals surface area contributed by atoms with Crippen molar-refractivity contribution in [1.82, 2.24) is 9.97 Å². The first-order valence-electron chi connectivity index (χ1n) is 9.40. The normalized spacial score (nSPS) is 17.6. The molecule has 1 aromatic heterocycles. The van der Waals surface area contributed by atoms with Crippen LogP contribution in [0.3, 0.4) is 0 Å². The number of anilines is 2. The number of benzene rings is 3. The quantitative estimate of drug-likeness (QED) is 0.335. The van der Waals surface area contributed by atoms with Gasteiger partial charge in [0.1, 0.15) is 5.82 Å². The van der Waals surface area contributed by atoms with Gasteiger partial charge in [0.25, 0.3) is 5.91 Å². The first-order valence-corrected chi connectivity index (χ1v) is 10.2. The predicted octanol–water partition coefficient (Wildman–Crippen LogP) is 4.41. The fourth-order valence-electron chi connectivity index (χ4n) is 3.96. The van der Waals surface area contributed by atoms with Crippen LogP contribution in [-0.2, 0) is 5.72 Å². The minimum absolute atomic E-state index is 0.0267. The highest BCUT2D eigenvalue weighted by Gasteiger charge is 2.50. The highest BCUT2D eigenvalue weighted by Crippen LogP contribution is 2.45. The Bertz CT molecular complexity index is 1420. The van der Waals surface area contributed by atoms with E-state index < -0.39 is 23.5 Å². The molecule has 1 unspecified atom stereocenters. The number of carbonyl (C=O) groups is 2. The molecule has 10 heteroatoms. The standard InChI is InChI=1S/C22H14BrFN4O4/c23-15-10-12(6-7-16(15)24)28-19(29)13-3-1-2-4-14(13)22(28,32)11-5-8-17-18(9-11)26-20(25-17)27-21(30)31/h1-10,32H,(H,30,31)(H2,25,26,27). The molecule has 2 heterocycles. The molecule has 0 spiro atoms. The molecule has 4 aromatic rings. The first-order chi connectivity index (χ1) is 15.3. The molecule has 3 aromatic carbocycles. The number of carbonyl (C=O) groups excluding carboxylic acids is 1. The highest BCUT2D eigenvalue weighted by atomic mass is 79.9. The monoisotopic (exact) mass is 496 g/mol. The molecule has 1 aliphatic heterocycles. The largest absolute Gasteiger partial charge is 0.465 e. The zero-order valence-corrected chi connectivity index (χ0v) is 17.7. The molecule has 0 bridgehead atoms. The van der Waals surface area contributed by atoms with E-state index in [4.69, 9.17) is 5.11 Å². The van der Waals surface area contributed by atoms with Gasteiger partial charge in [0, 0.05) is 22.4 Å². The van der Waals surface area contributed by atoms with Crippen molar-refractivity contribution in [1.29, 1.82) is 0 Å². The maximum absolute atomic E-state index is 13.9. The third-order valence-corrected chi connectivity index (χ3v) is 5.94. The second kappa shape index (κ2) is 7.14. The van der Waals surface area contributed by atoms with Gasteiger partial charge in [0.2, 0.25) is 5.95 Å². The van der Waals surface area contributed by atoms with Crippen molar-refractivity contribution >= 4 is 50.6 Å². The number of hydrogen-bond donors (Lipinski definition) is 4. The summed E-state index contributed by atoms with van der Waals surface area (Å²) in [4.78, 5) is 32.4. The zero-order chi connectivity index (χ0) is 22.6. The molecule has 1 aliphatic rings. The number of aromatic nitrogens is 2. The smallest absolute Gasteiger partial charge is 0.411 e. The van der Waals surface area contributed by atoms with E-state index in [1.165, 1.54) is 23.1 Å². The van der Waals surface area contributed by atoms with Gasteiger partial charge in [-0.25, -0.2) is 14.2 Å². The molecule has 0 saturated heterocycles. The minimum atomic E-state index is -1.90. The van der Waals surface area contributed by atoms with E-state index in [9.17, 15) is 19.1 Å². The number of aromatic amines is 1. The van der Waals surface area contributed by atoms with Crippen molar-refractivity contribution in [3.8, 4) is 0 Å². The van der Waals surface area contributed by atoms with Gasteiger partial charge in [-0.1, -0.05) is 24.3 Å². The van der Waals surface area contributed by atoms with Crippen LogP contribution in [0.25, 0.3) is 11.0 Å². The number of aliphatic hydroxyl groups is 1. The van der Waals surface area contributed by atoms with Crippen LogP contribution in [-0.4, -0.2) is 32.2 Å². The highest BCUT2D eigenvalue weighted by molar-refractivity contribution is 9.10. The molecule has 5 rings (SSSR count). The summed E-state index contributed by atoms with van der Waals surface area (Å²) >= 11 is 3.13. The summed E-state index contributed by atoms with van der Waals surface area (Å²) in [6.45, 7) is 0. The summed E-state index contributed by atoms with van der Waals surface area (Å²) in [5, 5.41) is 23.1. The average Bonchev–Trinajstić information content (AvgIpc) is 3.26. The number of rotatable bonds is 3.